The van der Waals surface area contributed by atoms with Gasteiger partial charge in [0.1, 0.15) is 5.75 Å². The zero-order valence-corrected chi connectivity index (χ0v) is 13.8. The number of methoxy groups -OCH3 is 2. The molecule has 21 heavy (non-hydrogen) atoms. The van der Waals surface area contributed by atoms with Crippen molar-refractivity contribution in [1.29, 1.82) is 0 Å². The average Bonchev–Trinajstić information content (AvgIpc) is 2.48. The summed E-state index contributed by atoms with van der Waals surface area (Å²) in [6.45, 7) is 0.489. The van der Waals surface area contributed by atoms with E-state index in [1.54, 1.807) is 14.2 Å². The van der Waals surface area contributed by atoms with Gasteiger partial charge in [-0.1, -0.05) is 40.2 Å². The molecule has 1 N–H and O–H groups in total. The molecule has 1 atom stereocenters. The van der Waals surface area contributed by atoms with Crippen LogP contribution in [0.5, 0.6) is 5.75 Å². The van der Waals surface area contributed by atoms with Gasteiger partial charge >= 0.3 is 0 Å². The third-order valence-corrected chi connectivity index (χ3v) is 3.86. The maximum absolute atomic E-state index is 10.6. The molecule has 0 bridgehead atoms. The fourth-order valence-corrected chi connectivity index (χ4v) is 2.78. The molecule has 0 amide bonds. The number of benzene rings is 2. The van der Waals surface area contributed by atoms with Crippen molar-refractivity contribution >= 4 is 15.9 Å². The Morgan fingerprint density at radius 3 is 2.57 bits per heavy atom. The lowest BCUT2D eigenvalue weighted by atomic mass is 9.97. The summed E-state index contributed by atoms with van der Waals surface area (Å²) >= 11 is 3.45. The summed E-state index contributed by atoms with van der Waals surface area (Å²) in [6.07, 6.45) is -0.108. The lowest BCUT2D eigenvalue weighted by molar-refractivity contribution is 0.161. The van der Waals surface area contributed by atoms with Crippen LogP contribution >= 0.6 is 15.9 Å². The van der Waals surface area contributed by atoms with Crippen LogP contribution in [0.15, 0.2) is 46.9 Å². The molecule has 2 rings (SSSR count). The number of halogens is 1. The fourth-order valence-electron chi connectivity index (χ4n) is 2.37. The molecule has 0 aliphatic rings. The predicted molar refractivity (Wildman–Crippen MR) is 86.5 cm³/mol. The van der Waals surface area contributed by atoms with E-state index < -0.39 is 6.10 Å². The van der Waals surface area contributed by atoms with E-state index in [0.717, 1.165) is 26.9 Å². The topological polar surface area (TPSA) is 38.7 Å². The van der Waals surface area contributed by atoms with Gasteiger partial charge in [0, 0.05) is 18.0 Å². The van der Waals surface area contributed by atoms with E-state index in [9.17, 15) is 5.11 Å². The van der Waals surface area contributed by atoms with Gasteiger partial charge in [0.15, 0.2) is 0 Å². The van der Waals surface area contributed by atoms with Crippen molar-refractivity contribution in [2.24, 2.45) is 0 Å². The molecular weight excluding hydrogens is 332 g/mol. The van der Waals surface area contributed by atoms with E-state index in [1.165, 1.54) is 0 Å². The Bertz CT molecular complexity index is 598. The van der Waals surface area contributed by atoms with Crippen molar-refractivity contribution in [3.8, 4) is 5.75 Å². The molecule has 3 nitrogen and oxygen atoms in total. The van der Waals surface area contributed by atoms with Crippen molar-refractivity contribution in [1.82, 2.24) is 0 Å². The average molecular weight is 351 g/mol. The summed E-state index contributed by atoms with van der Waals surface area (Å²) in [5, 5.41) is 10.6. The third kappa shape index (κ3) is 4.06. The van der Waals surface area contributed by atoms with Crippen molar-refractivity contribution < 1.29 is 14.6 Å². The Hall–Kier alpha value is -1.36. The van der Waals surface area contributed by atoms with E-state index >= 15 is 0 Å². The number of hydrogen-bond acceptors (Lipinski definition) is 3. The first-order valence-corrected chi connectivity index (χ1v) is 7.52. The summed E-state index contributed by atoms with van der Waals surface area (Å²) in [6, 6.07) is 13.6. The number of aliphatic hydroxyl groups is 1. The van der Waals surface area contributed by atoms with Gasteiger partial charge in [-0.25, -0.2) is 0 Å². The molecule has 0 fully saturated rings. The predicted octanol–water partition coefficient (Wildman–Crippen LogP) is 3.88. The monoisotopic (exact) mass is 350 g/mol. The van der Waals surface area contributed by atoms with Crippen molar-refractivity contribution in [3.05, 3.63) is 63.6 Å². The maximum atomic E-state index is 10.6. The van der Waals surface area contributed by atoms with Crippen LogP contribution < -0.4 is 4.74 Å². The molecular formula is C17H19BrO3. The zero-order valence-electron chi connectivity index (χ0n) is 12.2. The normalized spacial score (nSPS) is 12.2. The minimum atomic E-state index is -0.598. The second kappa shape index (κ2) is 7.59. The van der Waals surface area contributed by atoms with Crippen LogP contribution in [0.2, 0.25) is 0 Å². The van der Waals surface area contributed by atoms with Crippen LogP contribution in [0.4, 0.5) is 0 Å². The number of aliphatic hydroxyl groups excluding tert-OH is 1. The summed E-state index contributed by atoms with van der Waals surface area (Å²) in [5.74, 6) is 0.779. The second-order valence-corrected chi connectivity index (χ2v) is 5.72. The summed E-state index contributed by atoms with van der Waals surface area (Å²) in [4.78, 5) is 0. The molecule has 0 saturated carbocycles. The highest BCUT2D eigenvalue weighted by atomic mass is 79.9. The molecule has 2 aromatic rings. The van der Waals surface area contributed by atoms with Gasteiger partial charge in [-0.15, -0.1) is 0 Å². The standard InChI is InChI=1S/C17H19BrO3/c1-20-11-12-5-3-4-6-15(12)16(19)10-13-9-14(18)7-8-17(13)21-2/h3-9,16,19H,10-11H2,1-2H3. The van der Waals surface area contributed by atoms with Crippen molar-refractivity contribution in [2.75, 3.05) is 14.2 Å². The van der Waals surface area contributed by atoms with Crippen LogP contribution in [0.1, 0.15) is 22.8 Å². The quantitative estimate of drug-likeness (QED) is 0.859. The third-order valence-electron chi connectivity index (χ3n) is 3.37. The molecule has 0 saturated heterocycles. The molecule has 2 aromatic carbocycles. The van der Waals surface area contributed by atoms with Gasteiger partial charge in [-0.2, -0.15) is 0 Å². The second-order valence-electron chi connectivity index (χ2n) is 4.81. The minimum absolute atomic E-state index is 0.489. The molecule has 0 aromatic heterocycles. The molecule has 0 aliphatic heterocycles. The zero-order chi connectivity index (χ0) is 15.2. The summed E-state index contributed by atoms with van der Waals surface area (Å²) in [5.41, 5.74) is 2.86. The maximum Gasteiger partial charge on any atom is 0.122 e. The molecule has 0 spiro atoms. The van der Waals surface area contributed by atoms with Crippen LogP contribution in [0, 0.1) is 0 Å². The van der Waals surface area contributed by atoms with E-state index in [1.807, 2.05) is 42.5 Å². The molecule has 112 valence electrons. The number of hydrogen-bond donors (Lipinski definition) is 1. The molecule has 1 unspecified atom stereocenters. The molecule has 4 heteroatoms. The fraction of sp³-hybridized carbons (Fsp3) is 0.294. The Labute approximate surface area is 133 Å². The van der Waals surface area contributed by atoms with Gasteiger partial charge < -0.3 is 14.6 Å². The lowest BCUT2D eigenvalue weighted by Crippen LogP contribution is -2.07. The highest BCUT2D eigenvalue weighted by molar-refractivity contribution is 9.10. The van der Waals surface area contributed by atoms with Crippen LogP contribution in [-0.4, -0.2) is 19.3 Å². The largest absolute Gasteiger partial charge is 0.496 e. The summed E-state index contributed by atoms with van der Waals surface area (Å²) in [7, 11) is 3.29. The Morgan fingerprint density at radius 1 is 1.10 bits per heavy atom. The SMILES string of the molecule is COCc1ccccc1C(O)Cc1cc(Br)ccc1OC. The Kier molecular flexibility index (Phi) is 5.79. The minimum Gasteiger partial charge on any atom is -0.496 e. The number of rotatable bonds is 6. The van der Waals surface area contributed by atoms with Gasteiger partial charge in [-0.3, -0.25) is 0 Å². The highest BCUT2D eigenvalue weighted by Crippen LogP contribution is 2.29. The van der Waals surface area contributed by atoms with Crippen molar-refractivity contribution in [2.45, 2.75) is 19.1 Å². The van der Waals surface area contributed by atoms with E-state index in [0.29, 0.717) is 13.0 Å². The van der Waals surface area contributed by atoms with Gasteiger partial charge in [0.05, 0.1) is 19.8 Å². The number of ether oxygens (including phenoxy) is 2. The van der Waals surface area contributed by atoms with Crippen LogP contribution in [-0.2, 0) is 17.8 Å². The summed E-state index contributed by atoms with van der Waals surface area (Å²) < 4.78 is 11.5. The van der Waals surface area contributed by atoms with Crippen LogP contribution in [0.25, 0.3) is 0 Å². The lowest BCUT2D eigenvalue weighted by Gasteiger charge is -2.17. The van der Waals surface area contributed by atoms with E-state index in [-0.39, 0.29) is 0 Å². The first kappa shape index (κ1) is 16.0. The van der Waals surface area contributed by atoms with Crippen LogP contribution in [0.3, 0.4) is 0 Å². The first-order valence-electron chi connectivity index (χ1n) is 6.73. The van der Waals surface area contributed by atoms with E-state index in [4.69, 9.17) is 9.47 Å². The molecule has 0 radical (unpaired) electrons. The highest BCUT2D eigenvalue weighted by Gasteiger charge is 2.15. The Morgan fingerprint density at radius 2 is 1.86 bits per heavy atom. The van der Waals surface area contributed by atoms with Crippen molar-refractivity contribution in [3.63, 3.8) is 0 Å². The smallest absolute Gasteiger partial charge is 0.122 e. The molecule has 0 aliphatic carbocycles. The van der Waals surface area contributed by atoms with Gasteiger partial charge in [-0.05, 0) is 34.9 Å². The van der Waals surface area contributed by atoms with E-state index in [2.05, 4.69) is 15.9 Å². The Balaban J connectivity index is 2.26. The van der Waals surface area contributed by atoms with Gasteiger partial charge in [0.25, 0.3) is 0 Å². The first-order chi connectivity index (χ1) is 10.2. The molecule has 0 heterocycles. The van der Waals surface area contributed by atoms with Gasteiger partial charge in [0.2, 0.25) is 0 Å².